The van der Waals surface area contributed by atoms with Crippen LogP contribution in [0.5, 0.6) is 0 Å². The smallest absolute Gasteiger partial charge is 0.358 e. The summed E-state index contributed by atoms with van der Waals surface area (Å²) in [6.45, 7) is 4.02. The highest BCUT2D eigenvalue weighted by molar-refractivity contribution is 5.86. The minimum atomic E-state index is -0.965. The maximum Gasteiger partial charge on any atom is 0.358 e. The van der Waals surface area contributed by atoms with Crippen LogP contribution in [0.15, 0.2) is 0 Å². The van der Waals surface area contributed by atoms with Crippen molar-refractivity contribution in [2.24, 2.45) is 11.8 Å². The molecular formula is C13H19N3O2. The lowest BCUT2D eigenvalue weighted by molar-refractivity contribution is 0.0688. The first-order chi connectivity index (χ1) is 8.58. The molecule has 2 fully saturated rings. The maximum atomic E-state index is 11.2. The summed E-state index contributed by atoms with van der Waals surface area (Å²) in [7, 11) is 0. The standard InChI is InChI=1S/C13H19N3O2/c1-7(2)12-11(13(17)18)14-15-16(12)10-6-8-3-4-9(10)5-8/h7-10H,3-6H2,1-2H3,(H,17,18). The zero-order chi connectivity index (χ0) is 12.9. The molecule has 3 atom stereocenters. The van der Waals surface area contributed by atoms with Crippen molar-refractivity contribution < 1.29 is 9.90 Å². The van der Waals surface area contributed by atoms with Crippen LogP contribution in [0.4, 0.5) is 0 Å². The lowest BCUT2D eigenvalue weighted by atomic mass is 9.94. The summed E-state index contributed by atoms with van der Waals surface area (Å²) < 4.78 is 1.91. The summed E-state index contributed by atoms with van der Waals surface area (Å²) in [5, 5.41) is 17.2. The summed E-state index contributed by atoms with van der Waals surface area (Å²) >= 11 is 0. The number of aromatic carboxylic acids is 1. The molecule has 98 valence electrons. The summed E-state index contributed by atoms with van der Waals surface area (Å²) in [5.41, 5.74) is 0.924. The van der Waals surface area contributed by atoms with Crippen molar-refractivity contribution in [3.8, 4) is 0 Å². The molecule has 0 amide bonds. The molecule has 1 heterocycles. The molecule has 1 aromatic heterocycles. The van der Waals surface area contributed by atoms with E-state index in [0.717, 1.165) is 18.0 Å². The van der Waals surface area contributed by atoms with Gasteiger partial charge in [-0.2, -0.15) is 0 Å². The zero-order valence-electron chi connectivity index (χ0n) is 10.8. The highest BCUT2D eigenvalue weighted by Crippen LogP contribution is 2.51. The van der Waals surface area contributed by atoms with Crippen molar-refractivity contribution in [1.29, 1.82) is 0 Å². The van der Waals surface area contributed by atoms with Gasteiger partial charge in [-0.15, -0.1) is 5.10 Å². The number of carbonyl (C=O) groups is 1. The molecule has 2 bridgehead atoms. The van der Waals surface area contributed by atoms with E-state index < -0.39 is 5.97 Å². The van der Waals surface area contributed by atoms with Gasteiger partial charge < -0.3 is 5.11 Å². The number of aromatic nitrogens is 3. The van der Waals surface area contributed by atoms with Gasteiger partial charge in [0.25, 0.3) is 0 Å². The van der Waals surface area contributed by atoms with E-state index in [1.165, 1.54) is 19.3 Å². The Morgan fingerprint density at radius 1 is 1.39 bits per heavy atom. The number of fused-ring (bicyclic) bond motifs is 2. The fourth-order valence-corrected chi connectivity index (χ4v) is 3.75. The number of carboxylic acids is 1. The Balaban J connectivity index is 1.99. The van der Waals surface area contributed by atoms with E-state index in [2.05, 4.69) is 10.3 Å². The molecular weight excluding hydrogens is 230 g/mol. The molecule has 2 saturated carbocycles. The Morgan fingerprint density at radius 2 is 2.17 bits per heavy atom. The summed E-state index contributed by atoms with van der Waals surface area (Å²) in [4.78, 5) is 11.2. The van der Waals surface area contributed by atoms with Gasteiger partial charge in [0.2, 0.25) is 0 Å². The molecule has 3 rings (SSSR count). The van der Waals surface area contributed by atoms with Gasteiger partial charge in [-0.3, -0.25) is 0 Å². The van der Waals surface area contributed by atoms with E-state index >= 15 is 0 Å². The van der Waals surface area contributed by atoms with E-state index in [1.54, 1.807) is 0 Å². The molecule has 0 saturated heterocycles. The Hall–Kier alpha value is -1.39. The first kappa shape index (κ1) is 11.7. The zero-order valence-corrected chi connectivity index (χ0v) is 10.8. The summed E-state index contributed by atoms with van der Waals surface area (Å²) in [5.74, 6) is 0.673. The number of hydrogen-bond donors (Lipinski definition) is 1. The van der Waals surface area contributed by atoms with E-state index in [1.807, 2.05) is 18.5 Å². The largest absolute Gasteiger partial charge is 0.476 e. The van der Waals surface area contributed by atoms with Gasteiger partial charge >= 0.3 is 5.97 Å². The molecule has 2 aliphatic carbocycles. The van der Waals surface area contributed by atoms with Crippen LogP contribution in [0.25, 0.3) is 0 Å². The van der Waals surface area contributed by atoms with Crippen LogP contribution in [0, 0.1) is 11.8 Å². The molecule has 5 heteroatoms. The lowest BCUT2D eigenvalue weighted by Crippen LogP contribution is -2.21. The highest BCUT2D eigenvalue weighted by Gasteiger charge is 2.42. The highest BCUT2D eigenvalue weighted by atomic mass is 16.4. The predicted octanol–water partition coefficient (Wildman–Crippen LogP) is 2.46. The summed E-state index contributed by atoms with van der Waals surface area (Å²) in [6, 6.07) is 0.377. The van der Waals surface area contributed by atoms with Gasteiger partial charge in [0, 0.05) is 0 Å². The quantitative estimate of drug-likeness (QED) is 0.893. The third-order valence-electron chi connectivity index (χ3n) is 4.49. The van der Waals surface area contributed by atoms with Gasteiger partial charge in [0.15, 0.2) is 5.69 Å². The predicted molar refractivity (Wildman–Crippen MR) is 65.6 cm³/mol. The number of carboxylic acid groups (broad SMARTS) is 1. The Labute approximate surface area is 106 Å². The van der Waals surface area contributed by atoms with Crippen LogP contribution in [0.3, 0.4) is 0 Å². The van der Waals surface area contributed by atoms with E-state index in [-0.39, 0.29) is 11.6 Å². The normalized spacial score (nSPS) is 30.3. The van der Waals surface area contributed by atoms with Crippen LogP contribution >= 0.6 is 0 Å². The molecule has 18 heavy (non-hydrogen) atoms. The topological polar surface area (TPSA) is 68.0 Å². The Morgan fingerprint density at radius 3 is 2.67 bits per heavy atom. The SMILES string of the molecule is CC(C)c1c(C(=O)O)nnn1C1CC2CCC1C2. The molecule has 0 aromatic carbocycles. The minimum Gasteiger partial charge on any atom is -0.476 e. The third kappa shape index (κ3) is 1.64. The second-order valence-electron chi connectivity index (χ2n) is 5.97. The van der Waals surface area contributed by atoms with E-state index in [4.69, 9.17) is 0 Å². The van der Waals surface area contributed by atoms with E-state index in [0.29, 0.717) is 12.0 Å². The maximum absolute atomic E-state index is 11.2. The van der Waals surface area contributed by atoms with Gasteiger partial charge in [0.05, 0.1) is 11.7 Å². The minimum absolute atomic E-state index is 0.132. The van der Waals surface area contributed by atoms with Crippen molar-refractivity contribution >= 4 is 5.97 Å². The first-order valence-electron chi connectivity index (χ1n) is 6.76. The average molecular weight is 249 g/mol. The molecule has 0 spiro atoms. The molecule has 1 N–H and O–H groups in total. The van der Waals surface area contributed by atoms with Gasteiger partial charge in [-0.05, 0) is 37.0 Å². The molecule has 1 aromatic rings. The summed E-state index contributed by atoms with van der Waals surface area (Å²) in [6.07, 6.45) is 5.02. The van der Waals surface area contributed by atoms with Gasteiger partial charge in [-0.1, -0.05) is 25.5 Å². The van der Waals surface area contributed by atoms with Crippen molar-refractivity contribution in [3.05, 3.63) is 11.4 Å². The fraction of sp³-hybridized carbons (Fsp3) is 0.769. The van der Waals surface area contributed by atoms with Gasteiger partial charge in [0.1, 0.15) is 0 Å². The molecule has 3 unspecified atom stereocenters. The second-order valence-corrected chi connectivity index (χ2v) is 5.97. The lowest BCUT2D eigenvalue weighted by Gasteiger charge is -2.24. The first-order valence-corrected chi connectivity index (χ1v) is 6.76. The number of hydrogen-bond acceptors (Lipinski definition) is 3. The van der Waals surface area contributed by atoms with Crippen LogP contribution < -0.4 is 0 Å². The van der Waals surface area contributed by atoms with Crippen molar-refractivity contribution in [1.82, 2.24) is 15.0 Å². The molecule has 0 aliphatic heterocycles. The van der Waals surface area contributed by atoms with Crippen molar-refractivity contribution in [2.75, 3.05) is 0 Å². The average Bonchev–Trinajstić information content (AvgIpc) is 3.02. The second kappa shape index (κ2) is 4.07. The van der Waals surface area contributed by atoms with Crippen molar-refractivity contribution in [2.45, 2.75) is 51.5 Å². The number of rotatable bonds is 3. The van der Waals surface area contributed by atoms with Crippen LogP contribution in [-0.2, 0) is 0 Å². The van der Waals surface area contributed by atoms with Gasteiger partial charge in [-0.25, -0.2) is 9.48 Å². The Kier molecular flexibility index (Phi) is 2.64. The Bertz CT molecular complexity index is 481. The fourth-order valence-electron chi connectivity index (χ4n) is 3.75. The molecule has 5 nitrogen and oxygen atoms in total. The molecule has 2 aliphatic rings. The van der Waals surface area contributed by atoms with Crippen LogP contribution in [-0.4, -0.2) is 26.1 Å². The van der Waals surface area contributed by atoms with Crippen LogP contribution in [0.1, 0.15) is 67.7 Å². The van der Waals surface area contributed by atoms with E-state index in [9.17, 15) is 9.90 Å². The number of nitrogens with zero attached hydrogens (tertiary/aromatic N) is 3. The monoisotopic (exact) mass is 249 g/mol. The third-order valence-corrected chi connectivity index (χ3v) is 4.49. The van der Waals surface area contributed by atoms with Crippen LogP contribution in [0.2, 0.25) is 0 Å². The molecule has 0 radical (unpaired) electrons. The van der Waals surface area contributed by atoms with Crippen molar-refractivity contribution in [3.63, 3.8) is 0 Å².